The molecule has 1 nitrogen and oxygen atoms in total. The molecule has 0 aliphatic heterocycles. The Morgan fingerprint density at radius 2 is 1.15 bits per heavy atom. The normalized spacial score (nSPS) is 14.8. The second-order valence-corrected chi connectivity index (χ2v) is 6.84. The molecule has 0 saturated heterocycles. The molecule has 0 amide bonds. The Labute approximate surface area is 83.5 Å². The van der Waals surface area contributed by atoms with E-state index in [4.69, 9.17) is 0 Å². The van der Waals surface area contributed by atoms with Gasteiger partial charge in [0.1, 0.15) is 0 Å². The average Bonchev–Trinajstić information content (AvgIpc) is 1.43. The Kier molecular flexibility index (Phi) is 3.59. The van der Waals surface area contributed by atoms with Gasteiger partial charge >= 0.3 is 0 Å². The molecule has 13 heavy (non-hydrogen) atoms. The summed E-state index contributed by atoms with van der Waals surface area (Å²) < 4.78 is 0. The standard InChI is InChI=1S/C12H25O/c1-10(2,3)8-11(4,5)9-12(6,7)13/h8-9H2,1-7H3. The van der Waals surface area contributed by atoms with Crippen LogP contribution in [-0.4, -0.2) is 5.60 Å². The highest BCUT2D eigenvalue weighted by molar-refractivity contribution is 4.82. The van der Waals surface area contributed by atoms with E-state index < -0.39 is 5.60 Å². The Bertz CT molecular complexity index is 137. The van der Waals surface area contributed by atoms with Crippen molar-refractivity contribution < 1.29 is 5.11 Å². The van der Waals surface area contributed by atoms with E-state index in [0.717, 1.165) is 12.8 Å². The first-order valence-corrected chi connectivity index (χ1v) is 5.12. The lowest BCUT2D eigenvalue weighted by Gasteiger charge is -2.35. The summed E-state index contributed by atoms with van der Waals surface area (Å²) in [7, 11) is 0. The zero-order valence-corrected chi connectivity index (χ0v) is 10.3. The Hall–Kier alpha value is -0.0400. The van der Waals surface area contributed by atoms with Gasteiger partial charge in [0.15, 0.2) is 0 Å². The maximum absolute atomic E-state index is 11.6. The van der Waals surface area contributed by atoms with Crippen LogP contribution in [0.4, 0.5) is 0 Å². The van der Waals surface area contributed by atoms with Gasteiger partial charge in [-0.25, -0.2) is 5.11 Å². The molecule has 0 aromatic rings. The third-order valence-electron chi connectivity index (χ3n) is 1.91. The van der Waals surface area contributed by atoms with Crippen molar-refractivity contribution in [2.24, 2.45) is 10.8 Å². The molecule has 1 radical (unpaired) electrons. The molecule has 0 aliphatic carbocycles. The first-order chi connectivity index (χ1) is 5.41. The largest absolute Gasteiger partial charge is 0.230 e. The van der Waals surface area contributed by atoms with Crippen molar-refractivity contribution >= 4 is 0 Å². The second-order valence-electron chi connectivity index (χ2n) is 6.84. The van der Waals surface area contributed by atoms with Gasteiger partial charge in [-0.05, 0) is 37.5 Å². The van der Waals surface area contributed by atoms with Crippen molar-refractivity contribution in [3.05, 3.63) is 0 Å². The second kappa shape index (κ2) is 3.61. The Balaban J connectivity index is 4.25. The SMILES string of the molecule is CC(C)(C)CC(C)(C)CC(C)(C)[O]. The summed E-state index contributed by atoms with van der Waals surface area (Å²) in [5.74, 6) is 0. The van der Waals surface area contributed by atoms with Gasteiger partial charge in [0.05, 0.1) is 5.60 Å². The highest BCUT2D eigenvalue weighted by atomic mass is 16.3. The first-order valence-electron chi connectivity index (χ1n) is 5.12. The average molecular weight is 185 g/mol. The lowest BCUT2D eigenvalue weighted by Crippen LogP contribution is -2.30. The lowest BCUT2D eigenvalue weighted by atomic mass is 9.71. The van der Waals surface area contributed by atoms with Crippen molar-refractivity contribution in [3.63, 3.8) is 0 Å². The molecule has 79 valence electrons. The molecule has 1 heteroatoms. The molecule has 0 saturated carbocycles. The summed E-state index contributed by atoms with van der Waals surface area (Å²) in [6.45, 7) is 14.6. The Morgan fingerprint density at radius 3 is 1.38 bits per heavy atom. The van der Waals surface area contributed by atoms with Gasteiger partial charge in [0.2, 0.25) is 0 Å². The van der Waals surface area contributed by atoms with Gasteiger partial charge in [-0.2, -0.15) is 0 Å². The predicted octanol–water partition coefficient (Wildman–Crippen LogP) is 4.05. The minimum absolute atomic E-state index is 0.156. The maximum Gasteiger partial charge on any atom is 0.0985 e. The van der Waals surface area contributed by atoms with Gasteiger partial charge < -0.3 is 0 Å². The topological polar surface area (TPSA) is 19.9 Å². The summed E-state index contributed by atoms with van der Waals surface area (Å²) >= 11 is 0. The molecule has 0 spiro atoms. The van der Waals surface area contributed by atoms with Crippen LogP contribution in [0.3, 0.4) is 0 Å². The Morgan fingerprint density at radius 1 is 0.769 bits per heavy atom. The van der Waals surface area contributed by atoms with Crippen LogP contribution in [0, 0.1) is 10.8 Å². The minimum Gasteiger partial charge on any atom is -0.230 e. The van der Waals surface area contributed by atoms with Crippen LogP contribution in [0.5, 0.6) is 0 Å². The smallest absolute Gasteiger partial charge is 0.0985 e. The molecule has 0 aliphatic rings. The summed E-state index contributed by atoms with van der Waals surface area (Å²) in [4.78, 5) is 0. The molecule has 0 aromatic carbocycles. The van der Waals surface area contributed by atoms with Gasteiger partial charge in [0.25, 0.3) is 0 Å². The van der Waals surface area contributed by atoms with Crippen molar-refractivity contribution in [2.75, 3.05) is 0 Å². The number of hydrogen-bond donors (Lipinski definition) is 0. The fraction of sp³-hybridized carbons (Fsp3) is 1.00. The zero-order valence-electron chi connectivity index (χ0n) is 10.3. The monoisotopic (exact) mass is 185 g/mol. The number of rotatable bonds is 3. The molecular formula is C12H25O. The molecule has 0 heterocycles. The van der Waals surface area contributed by atoms with E-state index in [2.05, 4.69) is 34.6 Å². The van der Waals surface area contributed by atoms with E-state index in [9.17, 15) is 5.11 Å². The van der Waals surface area contributed by atoms with Gasteiger partial charge in [-0.3, -0.25) is 0 Å². The van der Waals surface area contributed by atoms with Crippen LogP contribution in [0.2, 0.25) is 0 Å². The molecule has 0 fully saturated rings. The van der Waals surface area contributed by atoms with Crippen LogP contribution in [0.1, 0.15) is 61.3 Å². The van der Waals surface area contributed by atoms with Crippen LogP contribution < -0.4 is 0 Å². The predicted molar refractivity (Wildman–Crippen MR) is 57.2 cm³/mol. The lowest BCUT2D eigenvalue weighted by molar-refractivity contribution is -0.0377. The fourth-order valence-electron chi connectivity index (χ4n) is 2.65. The van der Waals surface area contributed by atoms with Crippen molar-refractivity contribution in [1.29, 1.82) is 0 Å². The summed E-state index contributed by atoms with van der Waals surface area (Å²) in [6, 6.07) is 0. The third kappa shape index (κ3) is 8.29. The number of hydrogen-bond acceptors (Lipinski definition) is 0. The van der Waals surface area contributed by atoms with Crippen LogP contribution in [0.25, 0.3) is 0 Å². The summed E-state index contributed by atoms with van der Waals surface area (Å²) in [6.07, 6.45) is 1.85. The minimum atomic E-state index is -0.797. The maximum atomic E-state index is 11.6. The van der Waals surface area contributed by atoms with E-state index in [1.807, 2.05) is 0 Å². The fourth-order valence-corrected chi connectivity index (χ4v) is 2.65. The molecule has 0 N–H and O–H groups in total. The zero-order chi connectivity index (χ0) is 10.9. The molecule has 0 aromatic heterocycles. The highest BCUT2D eigenvalue weighted by Gasteiger charge is 2.31. The first kappa shape index (κ1) is 13.0. The summed E-state index contributed by atoms with van der Waals surface area (Å²) in [5.41, 5.74) is -0.326. The van der Waals surface area contributed by atoms with Crippen molar-refractivity contribution in [2.45, 2.75) is 66.9 Å². The van der Waals surface area contributed by atoms with Gasteiger partial charge in [-0.1, -0.05) is 34.6 Å². The van der Waals surface area contributed by atoms with E-state index in [0.29, 0.717) is 5.41 Å². The molecule has 0 unspecified atom stereocenters. The van der Waals surface area contributed by atoms with Crippen molar-refractivity contribution in [1.82, 2.24) is 0 Å². The van der Waals surface area contributed by atoms with E-state index in [1.54, 1.807) is 13.8 Å². The van der Waals surface area contributed by atoms with Crippen LogP contribution in [0.15, 0.2) is 0 Å². The molecule has 0 atom stereocenters. The molecule has 0 bridgehead atoms. The van der Waals surface area contributed by atoms with E-state index in [1.165, 1.54) is 0 Å². The third-order valence-corrected chi connectivity index (χ3v) is 1.91. The van der Waals surface area contributed by atoms with E-state index >= 15 is 0 Å². The quantitative estimate of drug-likeness (QED) is 0.632. The van der Waals surface area contributed by atoms with Crippen LogP contribution >= 0.6 is 0 Å². The van der Waals surface area contributed by atoms with Gasteiger partial charge in [-0.15, -0.1) is 0 Å². The summed E-state index contributed by atoms with van der Waals surface area (Å²) in [5, 5.41) is 11.6. The van der Waals surface area contributed by atoms with Crippen molar-refractivity contribution in [3.8, 4) is 0 Å². The molecule has 0 rings (SSSR count). The van der Waals surface area contributed by atoms with Crippen LogP contribution in [-0.2, 0) is 5.11 Å². The highest BCUT2D eigenvalue weighted by Crippen LogP contribution is 2.38. The van der Waals surface area contributed by atoms with E-state index in [-0.39, 0.29) is 5.41 Å². The molecular weight excluding hydrogens is 160 g/mol. The van der Waals surface area contributed by atoms with Gasteiger partial charge in [0, 0.05) is 0 Å².